The third kappa shape index (κ3) is 5.78. The first-order valence-corrected chi connectivity index (χ1v) is 3.46. The average Bonchev–Trinajstić information content (AvgIpc) is 2.01. The van der Waals surface area contributed by atoms with Crippen molar-refractivity contribution in [1.82, 2.24) is 10.8 Å². The predicted octanol–water partition coefficient (Wildman–Crippen LogP) is -1.40. The van der Waals surface area contributed by atoms with Gasteiger partial charge in [-0.2, -0.15) is 0 Å². The van der Waals surface area contributed by atoms with Gasteiger partial charge >= 0.3 is 0 Å². The molecule has 0 aromatic rings. The maximum atomic E-state index is 10.7. The van der Waals surface area contributed by atoms with Crippen LogP contribution >= 0.6 is 0 Å². The van der Waals surface area contributed by atoms with E-state index in [9.17, 15) is 4.79 Å². The predicted molar refractivity (Wildman–Crippen MR) is 41.7 cm³/mol. The Morgan fingerprint density at radius 1 is 1.73 bits per heavy atom. The second-order valence-corrected chi connectivity index (χ2v) is 2.25. The Morgan fingerprint density at radius 3 is 2.82 bits per heavy atom. The summed E-state index contributed by atoms with van der Waals surface area (Å²) in [5, 5.41) is 2.90. The molecule has 0 heterocycles. The zero-order valence-electron chi connectivity index (χ0n) is 6.89. The van der Waals surface area contributed by atoms with Crippen LogP contribution in [0.15, 0.2) is 0 Å². The molecule has 5 heteroatoms. The highest BCUT2D eigenvalue weighted by Crippen LogP contribution is 1.74. The summed E-state index contributed by atoms with van der Waals surface area (Å²) in [6.45, 7) is 2.65. The number of nitrogens with two attached hydrogens (primary N) is 1. The van der Waals surface area contributed by atoms with E-state index >= 15 is 0 Å². The van der Waals surface area contributed by atoms with Crippen LogP contribution in [0.1, 0.15) is 6.92 Å². The lowest BCUT2D eigenvalue weighted by Crippen LogP contribution is -2.40. The van der Waals surface area contributed by atoms with E-state index in [0.29, 0.717) is 6.54 Å². The Kier molecular flexibility index (Phi) is 5.73. The molecule has 0 spiro atoms. The van der Waals surface area contributed by atoms with Gasteiger partial charge in [0, 0.05) is 12.6 Å². The molecule has 0 fully saturated rings. The van der Waals surface area contributed by atoms with Crippen molar-refractivity contribution in [1.29, 1.82) is 0 Å². The highest BCUT2D eigenvalue weighted by molar-refractivity contribution is 5.76. The number of hydrogen-bond donors (Lipinski definition) is 3. The number of rotatable bonds is 5. The molecule has 0 bridgehead atoms. The molecule has 0 saturated carbocycles. The van der Waals surface area contributed by atoms with Crippen LogP contribution in [0.2, 0.25) is 0 Å². The van der Waals surface area contributed by atoms with Gasteiger partial charge in [-0.25, -0.2) is 5.48 Å². The van der Waals surface area contributed by atoms with Crippen LogP contribution in [-0.4, -0.2) is 32.1 Å². The largest absolute Gasteiger partial charge is 0.329 e. The van der Waals surface area contributed by atoms with Gasteiger partial charge in [0.1, 0.15) is 0 Å². The van der Waals surface area contributed by atoms with Gasteiger partial charge in [-0.3, -0.25) is 9.63 Å². The molecule has 0 rings (SSSR count). The third-order valence-corrected chi connectivity index (χ3v) is 1.18. The Bertz CT molecular complexity index is 118. The molecule has 0 aliphatic rings. The molecule has 0 radical (unpaired) electrons. The normalized spacial score (nSPS) is 12.6. The minimum absolute atomic E-state index is 0.151. The summed E-state index contributed by atoms with van der Waals surface area (Å²) in [5.74, 6) is -0.201. The Morgan fingerprint density at radius 2 is 2.36 bits per heavy atom. The topological polar surface area (TPSA) is 76.4 Å². The lowest BCUT2D eigenvalue weighted by atomic mass is 10.3. The summed E-state index contributed by atoms with van der Waals surface area (Å²) < 4.78 is 0. The fourth-order valence-corrected chi connectivity index (χ4v) is 0.500. The fraction of sp³-hybridized carbons (Fsp3) is 0.833. The first kappa shape index (κ1) is 10.3. The van der Waals surface area contributed by atoms with Gasteiger partial charge in [0.2, 0.25) is 0 Å². The molecule has 0 unspecified atom stereocenters. The van der Waals surface area contributed by atoms with Crippen LogP contribution in [0.3, 0.4) is 0 Å². The van der Waals surface area contributed by atoms with E-state index in [-0.39, 0.29) is 18.5 Å². The highest BCUT2D eigenvalue weighted by Gasteiger charge is 2.01. The van der Waals surface area contributed by atoms with Crippen molar-refractivity contribution in [2.75, 3.05) is 20.2 Å². The zero-order valence-corrected chi connectivity index (χ0v) is 6.89. The smallest absolute Gasteiger partial charge is 0.257 e. The molecule has 0 aliphatic carbocycles. The standard InChI is InChI=1S/C6H15N3O2/c1-5(3-7)8-4-6(10)9-11-2/h5,8H,3-4,7H2,1-2H3,(H,9,10)/t5-/m0/s1. The Labute approximate surface area is 66.2 Å². The van der Waals surface area contributed by atoms with E-state index in [1.807, 2.05) is 6.92 Å². The SMILES string of the molecule is CONC(=O)CN[C@@H](C)CN. The van der Waals surface area contributed by atoms with Crippen molar-refractivity contribution < 1.29 is 9.63 Å². The van der Waals surface area contributed by atoms with Crippen LogP contribution in [0.25, 0.3) is 0 Å². The third-order valence-electron chi connectivity index (χ3n) is 1.18. The van der Waals surface area contributed by atoms with E-state index in [2.05, 4.69) is 15.6 Å². The van der Waals surface area contributed by atoms with Crippen molar-refractivity contribution in [2.45, 2.75) is 13.0 Å². The lowest BCUT2D eigenvalue weighted by molar-refractivity contribution is -0.130. The molecular weight excluding hydrogens is 146 g/mol. The first-order valence-electron chi connectivity index (χ1n) is 3.46. The van der Waals surface area contributed by atoms with E-state index in [4.69, 9.17) is 5.73 Å². The van der Waals surface area contributed by atoms with Gasteiger partial charge in [0.25, 0.3) is 5.91 Å². The summed E-state index contributed by atoms with van der Waals surface area (Å²) in [5.41, 5.74) is 7.49. The number of nitrogens with one attached hydrogen (secondary N) is 2. The van der Waals surface area contributed by atoms with Gasteiger partial charge < -0.3 is 11.1 Å². The molecular formula is C6H15N3O2. The van der Waals surface area contributed by atoms with Crippen LogP contribution in [-0.2, 0) is 9.63 Å². The van der Waals surface area contributed by atoms with Crippen molar-refractivity contribution in [2.24, 2.45) is 5.73 Å². The quantitative estimate of drug-likeness (QED) is 0.433. The van der Waals surface area contributed by atoms with Crippen molar-refractivity contribution in [3.05, 3.63) is 0 Å². The number of amides is 1. The molecule has 1 amide bonds. The number of carbonyl (C=O) groups excluding carboxylic acids is 1. The average molecular weight is 161 g/mol. The molecule has 0 aromatic heterocycles. The molecule has 5 nitrogen and oxygen atoms in total. The fourth-order valence-electron chi connectivity index (χ4n) is 0.500. The second-order valence-electron chi connectivity index (χ2n) is 2.25. The summed E-state index contributed by atoms with van der Waals surface area (Å²) in [4.78, 5) is 15.1. The minimum atomic E-state index is -0.201. The van der Waals surface area contributed by atoms with Crippen molar-refractivity contribution in [3.8, 4) is 0 Å². The van der Waals surface area contributed by atoms with Gasteiger partial charge in [-0.1, -0.05) is 0 Å². The maximum Gasteiger partial charge on any atom is 0.257 e. The van der Waals surface area contributed by atoms with Gasteiger partial charge in [0.15, 0.2) is 0 Å². The molecule has 66 valence electrons. The molecule has 4 N–H and O–H groups in total. The van der Waals surface area contributed by atoms with Crippen molar-refractivity contribution >= 4 is 5.91 Å². The minimum Gasteiger partial charge on any atom is -0.329 e. The molecule has 1 atom stereocenters. The monoisotopic (exact) mass is 161 g/mol. The van der Waals surface area contributed by atoms with Crippen LogP contribution in [0, 0.1) is 0 Å². The van der Waals surface area contributed by atoms with Gasteiger partial charge in [0.05, 0.1) is 13.7 Å². The Hall–Kier alpha value is -0.650. The molecule has 0 saturated heterocycles. The summed E-state index contributed by atoms with van der Waals surface area (Å²) in [6.07, 6.45) is 0. The summed E-state index contributed by atoms with van der Waals surface area (Å²) in [6, 6.07) is 0.151. The number of hydroxylamine groups is 1. The second kappa shape index (κ2) is 6.09. The van der Waals surface area contributed by atoms with E-state index < -0.39 is 0 Å². The van der Waals surface area contributed by atoms with E-state index in [0.717, 1.165) is 0 Å². The Balaban J connectivity index is 3.30. The van der Waals surface area contributed by atoms with Crippen LogP contribution in [0.5, 0.6) is 0 Å². The molecule has 0 aliphatic heterocycles. The highest BCUT2D eigenvalue weighted by atomic mass is 16.6. The van der Waals surface area contributed by atoms with Gasteiger partial charge in [-0.15, -0.1) is 0 Å². The molecule has 11 heavy (non-hydrogen) atoms. The van der Waals surface area contributed by atoms with Crippen LogP contribution < -0.4 is 16.5 Å². The van der Waals surface area contributed by atoms with E-state index in [1.165, 1.54) is 7.11 Å². The number of carbonyl (C=O) groups is 1. The van der Waals surface area contributed by atoms with Crippen molar-refractivity contribution in [3.63, 3.8) is 0 Å². The first-order chi connectivity index (χ1) is 5.20. The lowest BCUT2D eigenvalue weighted by Gasteiger charge is -2.09. The van der Waals surface area contributed by atoms with Crippen LogP contribution in [0.4, 0.5) is 0 Å². The summed E-state index contributed by atoms with van der Waals surface area (Å²) in [7, 11) is 1.39. The maximum absolute atomic E-state index is 10.7. The number of hydrogen-bond acceptors (Lipinski definition) is 4. The van der Waals surface area contributed by atoms with Gasteiger partial charge in [-0.05, 0) is 6.92 Å². The van der Waals surface area contributed by atoms with E-state index in [1.54, 1.807) is 0 Å². The summed E-state index contributed by atoms with van der Waals surface area (Å²) >= 11 is 0. The molecule has 0 aromatic carbocycles. The zero-order chi connectivity index (χ0) is 8.69.